The van der Waals surface area contributed by atoms with Crippen LogP contribution in [0.2, 0.25) is 0 Å². The van der Waals surface area contributed by atoms with Gasteiger partial charge in [-0.2, -0.15) is 0 Å². The summed E-state index contributed by atoms with van der Waals surface area (Å²) in [7, 11) is 4.48. The van der Waals surface area contributed by atoms with Crippen LogP contribution in [-0.2, 0) is 12.1 Å². The third-order valence-electron chi connectivity index (χ3n) is 9.00. The van der Waals surface area contributed by atoms with E-state index in [-0.39, 0.29) is 5.54 Å². The van der Waals surface area contributed by atoms with E-state index in [1.165, 1.54) is 34.9 Å². The van der Waals surface area contributed by atoms with E-state index in [1.54, 1.807) is 0 Å². The van der Waals surface area contributed by atoms with Crippen molar-refractivity contribution in [3.63, 3.8) is 0 Å². The molecule has 1 N–H and O–H groups in total. The van der Waals surface area contributed by atoms with Crippen molar-refractivity contribution in [2.24, 2.45) is 0 Å². The van der Waals surface area contributed by atoms with Crippen molar-refractivity contribution in [1.82, 2.24) is 25.0 Å². The van der Waals surface area contributed by atoms with Crippen LogP contribution in [0.1, 0.15) is 69.2 Å². The van der Waals surface area contributed by atoms with E-state index in [0.29, 0.717) is 18.1 Å². The molecule has 5 heteroatoms. The van der Waals surface area contributed by atoms with Crippen molar-refractivity contribution in [3.05, 3.63) is 77.5 Å². The number of pyridine rings is 1. The van der Waals surface area contributed by atoms with E-state index < -0.39 is 0 Å². The average Bonchev–Trinajstić information content (AvgIpc) is 2.91. The molecular formula is C33H47N5. The molecule has 3 atom stereocenters. The second-order valence-corrected chi connectivity index (χ2v) is 12.1. The molecule has 0 saturated carbocycles. The first-order chi connectivity index (χ1) is 18.4. The molecule has 2 aliphatic heterocycles. The molecule has 5 rings (SSSR count). The average molecular weight is 514 g/mol. The zero-order valence-electron chi connectivity index (χ0n) is 24.2. The number of hydrogen-bond acceptors (Lipinski definition) is 5. The maximum absolute atomic E-state index is 4.92. The molecule has 38 heavy (non-hydrogen) atoms. The molecule has 0 bridgehead atoms. The van der Waals surface area contributed by atoms with Crippen molar-refractivity contribution in [2.75, 3.05) is 40.3 Å². The Labute approximate surface area is 230 Å². The van der Waals surface area contributed by atoms with Gasteiger partial charge in [-0.1, -0.05) is 49.7 Å². The van der Waals surface area contributed by atoms with E-state index in [1.807, 2.05) is 0 Å². The van der Waals surface area contributed by atoms with Crippen LogP contribution in [0.3, 0.4) is 0 Å². The Kier molecular flexibility index (Phi) is 8.49. The molecule has 2 aromatic carbocycles. The van der Waals surface area contributed by atoms with Gasteiger partial charge in [0, 0.05) is 68.0 Å². The van der Waals surface area contributed by atoms with Gasteiger partial charge in [0.15, 0.2) is 0 Å². The SMILES string of the molecule is CCC[C@@H](c1cnc2ccc(CN3CCC(c4ccccc4)(N(C)C)CC3)cc2c1)N1C[C@@H](C)N[C@@H](C)C1. The standard InChI is InChI=1S/C33H47N5/c1-6-10-32(38-22-25(2)35-26(3)23-38)29-20-28-19-27(13-14-31(28)34-21-29)24-37-17-15-33(16-18-37,36(4)5)30-11-8-7-9-12-30/h7-9,11-14,19-21,25-26,32,35H,6,10,15-18,22-24H2,1-5H3/t25-,26+,32-/m0/s1. The van der Waals surface area contributed by atoms with Crippen LogP contribution >= 0.6 is 0 Å². The minimum Gasteiger partial charge on any atom is -0.309 e. The van der Waals surface area contributed by atoms with E-state index >= 15 is 0 Å². The van der Waals surface area contributed by atoms with Gasteiger partial charge < -0.3 is 5.32 Å². The summed E-state index contributed by atoms with van der Waals surface area (Å²) in [6.45, 7) is 12.3. The van der Waals surface area contributed by atoms with Gasteiger partial charge >= 0.3 is 0 Å². The normalized spacial score (nSPS) is 23.6. The van der Waals surface area contributed by atoms with Crippen LogP contribution in [0.25, 0.3) is 10.9 Å². The van der Waals surface area contributed by atoms with Gasteiger partial charge in [0.1, 0.15) is 0 Å². The Hall–Kier alpha value is -2.31. The van der Waals surface area contributed by atoms with Crippen LogP contribution in [-0.4, -0.2) is 72.0 Å². The molecule has 0 unspecified atom stereocenters. The molecule has 0 spiro atoms. The van der Waals surface area contributed by atoms with Crippen LogP contribution in [0.5, 0.6) is 0 Å². The smallest absolute Gasteiger partial charge is 0.0702 e. The van der Waals surface area contributed by atoms with Crippen LogP contribution < -0.4 is 5.32 Å². The van der Waals surface area contributed by atoms with Crippen molar-refractivity contribution < 1.29 is 0 Å². The first-order valence-electron chi connectivity index (χ1n) is 14.7. The highest BCUT2D eigenvalue weighted by atomic mass is 15.2. The summed E-state index contributed by atoms with van der Waals surface area (Å²) in [4.78, 5) is 12.7. The van der Waals surface area contributed by atoms with Crippen molar-refractivity contribution in [3.8, 4) is 0 Å². The first-order valence-corrected chi connectivity index (χ1v) is 14.7. The quantitative estimate of drug-likeness (QED) is 0.411. The van der Waals surface area contributed by atoms with Crippen molar-refractivity contribution >= 4 is 10.9 Å². The predicted octanol–water partition coefficient (Wildman–Crippen LogP) is 5.81. The molecule has 0 aliphatic carbocycles. The van der Waals surface area contributed by atoms with Crippen LogP contribution in [0.15, 0.2) is 60.8 Å². The highest BCUT2D eigenvalue weighted by molar-refractivity contribution is 5.79. The van der Waals surface area contributed by atoms with Gasteiger partial charge in [-0.25, -0.2) is 0 Å². The molecule has 3 heterocycles. The molecule has 2 aliphatic rings. The predicted molar refractivity (Wildman–Crippen MR) is 159 cm³/mol. The van der Waals surface area contributed by atoms with E-state index in [2.05, 4.69) is 116 Å². The Morgan fingerprint density at radius 2 is 1.71 bits per heavy atom. The second kappa shape index (κ2) is 11.8. The van der Waals surface area contributed by atoms with E-state index in [4.69, 9.17) is 4.98 Å². The Balaban J connectivity index is 1.31. The van der Waals surface area contributed by atoms with Crippen LogP contribution in [0, 0.1) is 0 Å². The van der Waals surface area contributed by atoms with Gasteiger partial charge in [-0.05, 0) is 82.1 Å². The van der Waals surface area contributed by atoms with Crippen molar-refractivity contribution in [1.29, 1.82) is 0 Å². The number of nitrogens with one attached hydrogen (secondary N) is 1. The molecule has 204 valence electrons. The minimum absolute atomic E-state index is 0.132. The number of piperazine rings is 1. The molecule has 3 aromatic rings. The fourth-order valence-corrected chi connectivity index (χ4v) is 7.02. The molecular weight excluding hydrogens is 466 g/mol. The number of nitrogens with zero attached hydrogens (tertiary/aromatic N) is 4. The molecule has 1 aromatic heterocycles. The molecule has 2 fully saturated rings. The Bertz CT molecular complexity index is 1170. The van der Waals surface area contributed by atoms with E-state index in [0.717, 1.165) is 51.1 Å². The largest absolute Gasteiger partial charge is 0.309 e. The summed E-state index contributed by atoms with van der Waals surface area (Å²) in [6.07, 6.45) is 6.80. The lowest BCUT2D eigenvalue weighted by molar-refractivity contribution is 0.0507. The molecule has 2 saturated heterocycles. The fraction of sp³-hybridized carbons (Fsp3) is 0.545. The summed E-state index contributed by atoms with van der Waals surface area (Å²) in [5.74, 6) is 0. The fourth-order valence-electron chi connectivity index (χ4n) is 7.02. The summed E-state index contributed by atoms with van der Waals surface area (Å²) in [6, 6.07) is 21.9. The maximum Gasteiger partial charge on any atom is 0.0702 e. The lowest BCUT2D eigenvalue weighted by atomic mass is 9.79. The number of rotatable bonds is 8. The number of likely N-dealkylation sites (tertiary alicyclic amines) is 1. The zero-order chi connectivity index (χ0) is 26.7. The maximum atomic E-state index is 4.92. The Morgan fingerprint density at radius 3 is 2.37 bits per heavy atom. The summed E-state index contributed by atoms with van der Waals surface area (Å²) >= 11 is 0. The first kappa shape index (κ1) is 27.3. The van der Waals surface area contributed by atoms with Crippen LogP contribution in [0.4, 0.5) is 0 Å². The number of benzene rings is 2. The summed E-state index contributed by atoms with van der Waals surface area (Å²) < 4.78 is 0. The lowest BCUT2D eigenvalue weighted by Gasteiger charge is -2.46. The summed E-state index contributed by atoms with van der Waals surface area (Å²) in [5, 5.41) is 4.97. The highest BCUT2D eigenvalue weighted by Crippen LogP contribution is 2.38. The monoisotopic (exact) mass is 513 g/mol. The third kappa shape index (κ3) is 5.81. The van der Waals surface area contributed by atoms with Gasteiger partial charge in [0.25, 0.3) is 0 Å². The zero-order valence-corrected chi connectivity index (χ0v) is 24.2. The number of fused-ring (bicyclic) bond motifs is 1. The van der Waals surface area contributed by atoms with Gasteiger partial charge in [0.2, 0.25) is 0 Å². The topological polar surface area (TPSA) is 34.6 Å². The van der Waals surface area contributed by atoms with Gasteiger partial charge in [0.05, 0.1) is 5.52 Å². The number of piperidine rings is 1. The minimum atomic E-state index is 0.132. The highest BCUT2D eigenvalue weighted by Gasteiger charge is 2.38. The van der Waals surface area contributed by atoms with Crippen molar-refractivity contribution in [2.45, 2.75) is 76.7 Å². The molecule has 5 nitrogen and oxygen atoms in total. The number of aromatic nitrogens is 1. The third-order valence-corrected chi connectivity index (χ3v) is 9.00. The lowest BCUT2D eigenvalue weighted by Crippen LogP contribution is -2.55. The Morgan fingerprint density at radius 1 is 1.00 bits per heavy atom. The van der Waals surface area contributed by atoms with E-state index in [9.17, 15) is 0 Å². The van der Waals surface area contributed by atoms with Gasteiger partial charge in [-0.15, -0.1) is 0 Å². The van der Waals surface area contributed by atoms with Gasteiger partial charge in [-0.3, -0.25) is 19.7 Å². The second-order valence-electron chi connectivity index (χ2n) is 12.1. The number of hydrogen-bond donors (Lipinski definition) is 1. The summed E-state index contributed by atoms with van der Waals surface area (Å²) in [5.41, 5.74) is 5.44. The molecule has 0 radical (unpaired) electrons. The molecule has 0 amide bonds.